The maximum absolute atomic E-state index is 12.8. The number of pyridine rings is 1. The Hall–Kier alpha value is -4.01. The Kier molecular flexibility index (Phi) is 6.48. The molecule has 1 N–H and O–H groups in total. The number of aryl methyl sites for hydroxylation is 1. The fraction of sp³-hybridized carbons (Fsp3) is 0.292. The summed E-state index contributed by atoms with van der Waals surface area (Å²) >= 11 is 0. The molecule has 0 radical (unpaired) electrons. The quantitative estimate of drug-likeness (QED) is 0.619. The molecule has 1 aromatic carbocycles. The van der Waals surface area contributed by atoms with Crippen LogP contribution >= 0.6 is 0 Å². The second-order valence-electron chi connectivity index (χ2n) is 7.74. The number of aromatic nitrogens is 3. The van der Waals surface area contributed by atoms with Gasteiger partial charge in [-0.1, -0.05) is 0 Å². The lowest BCUT2D eigenvalue weighted by Crippen LogP contribution is -2.28. The lowest BCUT2D eigenvalue weighted by atomic mass is 10.1. The van der Waals surface area contributed by atoms with E-state index in [-0.39, 0.29) is 17.7 Å². The van der Waals surface area contributed by atoms with E-state index in [0.717, 1.165) is 6.42 Å². The summed E-state index contributed by atoms with van der Waals surface area (Å²) < 4.78 is 10.2. The molecule has 1 aliphatic rings. The molecule has 0 bridgehead atoms. The van der Waals surface area contributed by atoms with E-state index in [1.807, 2.05) is 0 Å². The monoisotopic (exact) mass is 447 g/mol. The second kappa shape index (κ2) is 9.64. The van der Waals surface area contributed by atoms with Gasteiger partial charge in [-0.05, 0) is 43.7 Å². The van der Waals surface area contributed by atoms with Gasteiger partial charge in [0.2, 0.25) is 5.88 Å². The van der Waals surface area contributed by atoms with E-state index in [9.17, 15) is 9.59 Å². The molecule has 1 saturated heterocycles. The lowest BCUT2D eigenvalue weighted by Gasteiger charge is -2.16. The fourth-order valence-corrected chi connectivity index (χ4v) is 3.74. The summed E-state index contributed by atoms with van der Waals surface area (Å²) in [5, 5.41) is 2.85. The van der Waals surface area contributed by atoms with E-state index in [2.05, 4.69) is 20.3 Å². The Morgan fingerprint density at radius 3 is 2.45 bits per heavy atom. The molecular formula is C24H25N5O4. The molecule has 33 heavy (non-hydrogen) atoms. The Morgan fingerprint density at radius 2 is 1.82 bits per heavy atom. The number of anilines is 1. The second-order valence-corrected chi connectivity index (χ2v) is 7.74. The molecule has 1 aliphatic heterocycles. The van der Waals surface area contributed by atoms with Crippen LogP contribution in [0.3, 0.4) is 0 Å². The number of amides is 2. The number of hydrogen-bond donors (Lipinski definition) is 1. The van der Waals surface area contributed by atoms with Gasteiger partial charge in [-0.3, -0.25) is 9.59 Å². The number of nitrogens with zero attached hydrogens (tertiary/aromatic N) is 4. The zero-order chi connectivity index (χ0) is 23.4. The molecule has 1 atom stereocenters. The molecule has 4 rings (SSSR count). The third-order valence-corrected chi connectivity index (χ3v) is 5.62. The van der Waals surface area contributed by atoms with Crippen molar-refractivity contribution in [1.29, 1.82) is 0 Å². The largest absolute Gasteiger partial charge is 0.497 e. The summed E-state index contributed by atoms with van der Waals surface area (Å²) in [7, 11) is 3.12. The van der Waals surface area contributed by atoms with Gasteiger partial charge in [0.1, 0.15) is 11.6 Å². The predicted molar refractivity (Wildman–Crippen MR) is 122 cm³/mol. The third kappa shape index (κ3) is 4.92. The first kappa shape index (κ1) is 22.2. The number of nitrogens with one attached hydrogen (secondary N) is 1. The maximum atomic E-state index is 12.8. The number of likely N-dealkylation sites (tertiary alicyclic amines) is 1. The van der Waals surface area contributed by atoms with Gasteiger partial charge in [0, 0.05) is 43.2 Å². The molecule has 3 aromatic rings. The van der Waals surface area contributed by atoms with Crippen molar-refractivity contribution in [2.75, 3.05) is 32.6 Å². The topological polar surface area (TPSA) is 107 Å². The minimum Gasteiger partial charge on any atom is -0.497 e. The molecule has 3 heterocycles. The third-order valence-electron chi connectivity index (χ3n) is 5.62. The van der Waals surface area contributed by atoms with E-state index in [4.69, 9.17) is 9.47 Å². The Balaban J connectivity index is 1.41. The number of methoxy groups -OCH3 is 2. The van der Waals surface area contributed by atoms with Crippen LogP contribution in [0, 0.1) is 6.92 Å². The molecule has 0 saturated carbocycles. The van der Waals surface area contributed by atoms with Gasteiger partial charge in [-0.2, -0.15) is 0 Å². The van der Waals surface area contributed by atoms with Crippen molar-refractivity contribution in [3.8, 4) is 11.6 Å². The number of ether oxygens (including phenoxy) is 2. The molecule has 0 aliphatic carbocycles. The van der Waals surface area contributed by atoms with Crippen molar-refractivity contribution in [3.05, 3.63) is 71.4 Å². The number of hydrogen-bond acceptors (Lipinski definition) is 7. The van der Waals surface area contributed by atoms with Gasteiger partial charge < -0.3 is 19.7 Å². The average Bonchev–Trinajstić information content (AvgIpc) is 3.34. The summed E-state index contributed by atoms with van der Waals surface area (Å²) in [6.07, 6.45) is 3.83. The summed E-state index contributed by atoms with van der Waals surface area (Å²) in [6, 6.07) is 10.5. The summed E-state index contributed by atoms with van der Waals surface area (Å²) in [5.41, 5.74) is 2.17. The SMILES string of the molecule is COc1ccc(NC(=O)c2cnc([C@@H]3CCN(C(=O)c4ccc(OC)nc4)C3)nc2C)cc1. The van der Waals surface area contributed by atoms with Crippen LogP contribution in [0.15, 0.2) is 48.8 Å². The zero-order valence-electron chi connectivity index (χ0n) is 18.7. The van der Waals surface area contributed by atoms with Gasteiger partial charge >= 0.3 is 0 Å². The molecular weight excluding hydrogens is 422 g/mol. The van der Waals surface area contributed by atoms with Gasteiger partial charge in [0.05, 0.1) is 31.0 Å². The fourth-order valence-electron chi connectivity index (χ4n) is 3.74. The minimum atomic E-state index is -0.278. The molecule has 0 unspecified atom stereocenters. The molecule has 2 amide bonds. The van der Waals surface area contributed by atoms with Crippen molar-refractivity contribution >= 4 is 17.5 Å². The van der Waals surface area contributed by atoms with Crippen LogP contribution in [0.1, 0.15) is 44.6 Å². The Morgan fingerprint density at radius 1 is 1.03 bits per heavy atom. The Labute approximate surface area is 191 Å². The van der Waals surface area contributed by atoms with Crippen LogP contribution < -0.4 is 14.8 Å². The average molecular weight is 447 g/mol. The van der Waals surface area contributed by atoms with Crippen molar-refractivity contribution in [2.45, 2.75) is 19.3 Å². The lowest BCUT2D eigenvalue weighted by molar-refractivity contribution is 0.0790. The molecule has 0 spiro atoms. The van der Waals surface area contributed by atoms with Crippen molar-refractivity contribution in [1.82, 2.24) is 19.9 Å². The van der Waals surface area contributed by atoms with Crippen LogP contribution in [0.4, 0.5) is 5.69 Å². The van der Waals surface area contributed by atoms with Crippen molar-refractivity contribution in [3.63, 3.8) is 0 Å². The normalized spacial score (nSPS) is 15.2. The number of carbonyl (C=O) groups is 2. The highest BCUT2D eigenvalue weighted by Crippen LogP contribution is 2.27. The van der Waals surface area contributed by atoms with Gasteiger partial charge in [0.25, 0.3) is 11.8 Å². The van der Waals surface area contributed by atoms with Crippen LogP contribution in [-0.2, 0) is 0 Å². The first-order valence-corrected chi connectivity index (χ1v) is 10.6. The molecule has 9 nitrogen and oxygen atoms in total. The highest BCUT2D eigenvalue weighted by Gasteiger charge is 2.30. The van der Waals surface area contributed by atoms with Gasteiger partial charge in [-0.15, -0.1) is 0 Å². The molecule has 1 fully saturated rings. The predicted octanol–water partition coefficient (Wildman–Crippen LogP) is 3.08. The van der Waals surface area contributed by atoms with E-state index in [1.165, 1.54) is 13.3 Å². The summed E-state index contributed by atoms with van der Waals surface area (Å²) in [6.45, 7) is 2.91. The molecule has 170 valence electrons. The van der Waals surface area contributed by atoms with Crippen LogP contribution in [0.2, 0.25) is 0 Å². The van der Waals surface area contributed by atoms with E-state index in [1.54, 1.807) is 61.5 Å². The van der Waals surface area contributed by atoms with Crippen LogP contribution in [0.25, 0.3) is 0 Å². The summed E-state index contributed by atoms with van der Waals surface area (Å²) in [5.74, 6) is 1.46. The first-order chi connectivity index (χ1) is 16.0. The number of carbonyl (C=O) groups excluding carboxylic acids is 2. The highest BCUT2D eigenvalue weighted by molar-refractivity contribution is 6.04. The minimum absolute atomic E-state index is 0.0116. The van der Waals surface area contributed by atoms with Crippen molar-refractivity contribution < 1.29 is 19.1 Å². The molecule has 9 heteroatoms. The summed E-state index contributed by atoms with van der Waals surface area (Å²) in [4.78, 5) is 40.4. The van der Waals surface area contributed by atoms with Crippen LogP contribution in [0.5, 0.6) is 11.6 Å². The first-order valence-electron chi connectivity index (χ1n) is 10.6. The number of rotatable bonds is 6. The van der Waals surface area contributed by atoms with E-state index < -0.39 is 0 Å². The standard InChI is InChI=1S/C24H25N5O4/c1-15-20(23(30)28-18-5-7-19(32-2)8-6-18)13-26-22(27-15)17-10-11-29(14-17)24(31)16-4-9-21(33-3)25-12-16/h4-9,12-13,17H,10-11,14H2,1-3H3,(H,28,30)/t17-/m1/s1. The maximum Gasteiger partial charge on any atom is 0.259 e. The van der Waals surface area contributed by atoms with E-state index >= 15 is 0 Å². The van der Waals surface area contributed by atoms with E-state index in [0.29, 0.717) is 53.1 Å². The van der Waals surface area contributed by atoms with Gasteiger partial charge in [-0.25, -0.2) is 15.0 Å². The van der Waals surface area contributed by atoms with Crippen LogP contribution in [-0.4, -0.2) is 59.0 Å². The van der Waals surface area contributed by atoms with Gasteiger partial charge in [0.15, 0.2) is 0 Å². The zero-order valence-corrected chi connectivity index (χ0v) is 18.7. The number of benzene rings is 1. The molecule has 2 aromatic heterocycles. The smallest absolute Gasteiger partial charge is 0.259 e. The van der Waals surface area contributed by atoms with Crippen molar-refractivity contribution in [2.24, 2.45) is 0 Å². The Bertz CT molecular complexity index is 1150. The highest BCUT2D eigenvalue weighted by atomic mass is 16.5.